The lowest BCUT2D eigenvalue weighted by Gasteiger charge is -2.58. The van der Waals surface area contributed by atoms with Gasteiger partial charge in [0.1, 0.15) is 0 Å². The number of carbonyl (C=O) groups is 1. The first-order chi connectivity index (χ1) is 11.1. The number of aliphatic hydroxyl groups is 2. The molecule has 0 aromatic rings. The van der Waals surface area contributed by atoms with Gasteiger partial charge in [0.05, 0.1) is 11.7 Å². The van der Waals surface area contributed by atoms with E-state index in [1.807, 2.05) is 0 Å². The topological polar surface area (TPSA) is 66.8 Å². The lowest BCUT2D eigenvalue weighted by Crippen LogP contribution is -2.50. The third-order valence-corrected chi connectivity index (χ3v) is 6.92. The predicted molar refractivity (Wildman–Crippen MR) is 91.9 cm³/mol. The van der Waals surface area contributed by atoms with Crippen LogP contribution in [0.5, 0.6) is 0 Å². The molecule has 0 radical (unpaired) electrons. The zero-order valence-corrected chi connectivity index (χ0v) is 15.0. The van der Waals surface area contributed by atoms with Crippen LogP contribution in [0.25, 0.3) is 0 Å². The highest BCUT2D eigenvalue weighted by molar-refractivity contribution is 5.91. The van der Waals surface area contributed by atoms with E-state index < -0.39 is 18.4 Å². The molecule has 4 heteroatoms. The first-order valence-corrected chi connectivity index (χ1v) is 9.11. The standard InChI is InChI=1S/C20H30O4/c1-12-6-7-16-19(2,3)8-5-9-20(16,4)14(12)11-15(21)13-10-17(22)24-18(13)23/h10,14-17,21-22H,1,5-9,11H2,2-4H3/t14-,15?,16?,17?,20+/m0/s1. The highest BCUT2D eigenvalue weighted by Gasteiger charge is 2.53. The quantitative estimate of drug-likeness (QED) is 0.614. The van der Waals surface area contributed by atoms with Gasteiger partial charge in [0.15, 0.2) is 0 Å². The molecule has 0 aromatic heterocycles. The second-order valence-electron chi connectivity index (χ2n) is 8.82. The van der Waals surface area contributed by atoms with Crippen molar-refractivity contribution in [2.24, 2.45) is 22.7 Å². The fourth-order valence-corrected chi connectivity index (χ4v) is 5.74. The Morgan fingerprint density at radius 3 is 2.71 bits per heavy atom. The average molecular weight is 334 g/mol. The van der Waals surface area contributed by atoms with Crippen molar-refractivity contribution in [2.75, 3.05) is 0 Å². The summed E-state index contributed by atoms with van der Waals surface area (Å²) in [5.74, 6) is 0.191. The van der Waals surface area contributed by atoms with Crippen LogP contribution >= 0.6 is 0 Å². The van der Waals surface area contributed by atoms with Gasteiger partial charge < -0.3 is 14.9 Å². The third kappa shape index (κ3) is 2.84. The molecule has 4 nitrogen and oxygen atoms in total. The molecule has 0 amide bonds. The van der Waals surface area contributed by atoms with Crippen molar-refractivity contribution >= 4 is 5.97 Å². The fourth-order valence-electron chi connectivity index (χ4n) is 5.74. The van der Waals surface area contributed by atoms with E-state index in [1.54, 1.807) is 0 Å². The van der Waals surface area contributed by atoms with E-state index in [0.29, 0.717) is 17.8 Å². The van der Waals surface area contributed by atoms with Crippen molar-refractivity contribution in [3.05, 3.63) is 23.8 Å². The van der Waals surface area contributed by atoms with Crippen LogP contribution in [0.15, 0.2) is 23.8 Å². The lowest BCUT2D eigenvalue weighted by atomic mass is 9.47. The van der Waals surface area contributed by atoms with Gasteiger partial charge in [0.25, 0.3) is 0 Å². The summed E-state index contributed by atoms with van der Waals surface area (Å²) in [5.41, 5.74) is 1.80. The van der Waals surface area contributed by atoms with Gasteiger partial charge in [0.2, 0.25) is 6.29 Å². The second-order valence-corrected chi connectivity index (χ2v) is 8.82. The largest absolute Gasteiger partial charge is 0.429 e. The molecule has 0 bridgehead atoms. The molecule has 2 fully saturated rings. The van der Waals surface area contributed by atoms with Crippen molar-refractivity contribution in [3.63, 3.8) is 0 Å². The molecule has 3 rings (SSSR count). The Kier molecular flexibility index (Phi) is 4.42. The van der Waals surface area contributed by atoms with Gasteiger partial charge in [-0.3, -0.25) is 0 Å². The Hall–Kier alpha value is -1.13. The monoisotopic (exact) mass is 334 g/mol. The van der Waals surface area contributed by atoms with Gasteiger partial charge in [0, 0.05) is 0 Å². The summed E-state index contributed by atoms with van der Waals surface area (Å²) in [7, 11) is 0. The molecular formula is C20H30O4. The predicted octanol–water partition coefficient (Wildman–Crippen LogP) is 3.34. The normalized spacial score (nSPS) is 39.9. The fraction of sp³-hybridized carbons (Fsp3) is 0.750. The number of cyclic esters (lactones) is 1. The number of fused-ring (bicyclic) bond motifs is 1. The van der Waals surface area contributed by atoms with E-state index in [0.717, 1.165) is 12.8 Å². The number of rotatable bonds is 3. The van der Waals surface area contributed by atoms with Gasteiger partial charge in [-0.15, -0.1) is 0 Å². The zero-order chi connectivity index (χ0) is 17.7. The Morgan fingerprint density at radius 1 is 1.38 bits per heavy atom. The molecule has 0 spiro atoms. The summed E-state index contributed by atoms with van der Waals surface area (Å²) >= 11 is 0. The Balaban J connectivity index is 1.84. The highest BCUT2D eigenvalue weighted by Crippen LogP contribution is 2.61. The van der Waals surface area contributed by atoms with E-state index in [9.17, 15) is 15.0 Å². The van der Waals surface area contributed by atoms with Crippen LogP contribution in [0.4, 0.5) is 0 Å². The van der Waals surface area contributed by atoms with Gasteiger partial charge in [-0.2, -0.15) is 0 Å². The molecule has 3 unspecified atom stereocenters. The highest BCUT2D eigenvalue weighted by atomic mass is 16.6. The summed E-state index contributed by atoms with van der Waals surface area (Å²) in [6, 6.07) is 0. The van der Waals surface area contributed by atoms with Crippen LogP contribution in [0.1, 0.15) is 59.3 Å². The molecule has 2 saturated carbocycles. The Labute approximate surface area is 144 Å². The van der Waals surface area contributed by atoms with Gasteiger partial charge in [-0.25, -0.2) is 4.79 Å². The van der Waals surface area contributed by atoms with Crippen molar-refractivity contribution in [1.82, 2.24) is 0 Å². The summed E-state index contributed by atoms with van der Waals surface area (Å²) in [6.45, 7) is 11.4. The smallest absolute Gasteiger partial charge is 0.339 e. The van der Waals surface area contributed by atoms with Crippen molar-refractivity contribution in [1.29, 1.82) is 0 Å². The maximum atomic E-state index is 11.8. The van der Waals surface area contributed by atoms with E-state index in [2.05, 4.69) is 27.4 Å². The molecule has 1 heterocycles. The third-order valence-electron chi connectivity index (χ3n) is 6.92. The Morgan fingerprint density at radius 2 is 2.08 bits per heavy atom. The lowest BCUT2D eigenvalue weighted by molar-refractivity contribution is -0.152. The molecule has 1 aliphatic heterocycles. The maximum absolute atomic E-state index is 11.8. The number of ether oxygens (including phenoxy) is 1. The minimum Gasteiger partial charge on any atom is -0.429 e. The SMILES string of the molecule is C=C1CCC2C(C)(C)CCC[C@]2(C)[C@H]1CC(O)C1=CC(O)OC1=O. The van der Waals surface area contributed by atoms with Crippen molar-refractivity contribution < 1.29 is 19.7 Å². The van der Waals surface area contributed by atoms with E-state index >= 15 is 0 Å². The van der Waals surface area contributed by atoms with Crippen LogP contribution in [-0.2, 0) is 9.53 Å². The number of carbonyl (C=O) groups excluding carboxylic acids is 1. The van der Waals surface area contributed by atoms with Crippen LogP contribution in [0.3, 0.4) is 0 Å². The molecule has 2 N–H and O–H groups in total. The van der Waals surface area contributed by atoms with E-state index in [-0.39, 0.29) is 16.9 Å². The number of allylic oxidation sites excluding steroid dienone is 1. The van der Waals surface area contributed by atoms with Crippen LogP contribution in [-0.4, -0.2) is 28.6 Å². The minimum atomic E-state index is -1.23. The molecule has 0 aromatic carbocycles. The zero-order valence-electron chi connectivity index (χ0n) is 15.0. The first-order valence-electron chi connectivity index (χ1n) is 9.11. The summed E-state index contributed by atoms with van der Waals surface area (Å²) < 4.78 is 4.72. The molecule has 3 aliphatic rings. The molecule has 0 saturated heterocycles. The number of aliphatic hydroxyl groups excluding tert-OH is 2. The minimum absolute atomic E-state index is 0.111. The van der Waals surface area contributed by atoms with Crippen LogP contribution in [0, 0.1) is 22.7 Å². The summed E-state index contributed by atoms with van der Waals surface area (Å²) in [4.78, 5) is 11.8. The molecule has 2 aliphatic carbocycles. The summed E-state index contributed by atoms with van der Waals surface area (Å²) in [5, 5.41) is 20.1. The average Bonchev–Trinajstić information content (AvgIpc) is 2.80. The molecule has 134 valence electrons. The number of esters is 1. The molecule has 5 atom stereocenters. The van der Waals surface area contributed by atoms with Crippen LogP contribution < -0.4 is 0 Å². The maximum Gasteiger partial charge on any atom is 0.339 e. The number of hydrogen-bond donors (Lipinski definition) is 2. The van der Waals surface area contributed by atoms with Crippen molar-refractivity contribution in [3.8, 4) is 0 Å². The summed E-state index contributed by atoms with van der Waals surface area (Å²) in [6.07, 6.45) is 5.42. The molecular weight excluding hydrogens is 304 g/mol. The van der Waals surface area contributed by atoms with Gasteiger partial charge in [-0.05, 0) is 60.8 Å². The second kappa shape index (κ2) is 5.99. The van der Waals surface area contributed by atoms with Gasteiger partial charge >= 0.3 is 5.97 Å². The molecule has 24 heavy (non-hydrogen) atoms. The Bertz CT molecular complexity index is 576. The van der Waals surface area contributed by atoms with E-state index in [1.165, 1.54) is 30.9 Å². The van der Waals surface area contributed by atoms with Crippen LogP contribution in [0.2, 0.25) is 0 Å². The van der Waals surface area contributed by atoms with E-state index in [4.69, 9.17) is 4.74 Å². The number of hydrogen-bond acceptors (Lipinski definition) is 4. The van der Waals surface area contributed by atoms with Gasteiger partial charge in [-0.1, -0.05) is 39.3 Å². The van der Waals surface area contributed by atoms with Crippen molar-refractivity contribution in [2.45, 2.75) is 71.7 Å². The first kappa shape index (κ1) is 17.7.